The molecule has 0 aromatic heterocycles. The zero-order valence-corrected chi connectivity index (χ0v) is 9.27. The number of epoxide rings is 1. The Morgan fingerprint density at radius 3 is 2.71 bits per heavy atom. The fourth-order valence-electron chi connectivity index (χ4n) is 2.00. The molecule has 1 saturated carbocycles. The smallest absolute Gasteiger partial charge is 0.124 e. The minimum Gasteiger partial charge on any atom is -0.370 e. The second kappa shape index (κ2) is 3.65. The van der Waals surface area contributed by atoms with Crippen molar-refractivity contribution in [3.8, 4) is 0 Å². The first kappa shape index (κ1) is 10.1. The summed E-state index contributed by atoms with van der Waals surface area (Å²) >= 11 is 0. The number of quaternary nitrogens is 1. The van der Waals surface area contributed by atoms with Crippen LogP contribution in [0.1, 0.15) is 19.3 Å². The molecule has 1 saturated heterocycles. The summed E-state index contributed by atoms with van der Waals surface area (Å²) in [6.07, 6.45) is 9.27. The lowest BCUT2D eigenvalue weighted by Gasteiger charge is -2.21. The van der Waals surface area contributed by atoms with E-state index in [4.69, 9.17) is 9.57 Å². The van der Waals surface area contributed by atoms with E-state index in [0.717, 1.165) is 0 Å². The molecule has 3 nitrogen and oxygen atoms in total. The summed E-state index contributed by atoms with van der Waals surface area (Å²) in [5.41, 5.74) is 0. The van der Waals surface area contributed by atoms with E-state index in [1.807, 2.05) is 14.1 Å². The predicted molar refractivity (Wildman–Crippen MR) is 54.3 cm³/mol. The summed E-state index contributed by atoms with van der Waals surface area (Å²) in [6, 6.07) is 0. The first-order valence-corrected chi connectivity index (χ1v) is 5.35. The molecule has 0 radical (unpaired) electrons. The van der Waals surface area contributed by atoms with Gasteiger partial charge >= 0.3 is 0 Å². The summed E-state index contributed by atoms with van der Waals surface area (Å²) in [6.45, 7) is 0. The Morgan fingerprint density at radius 1 is 1.29 bits per heavy atom. The van der Waals surface area contributed by atoms with Gasteiger partial charge in [-0.25, -0.2) is 4.84 Å². The van der Waals surface area contributed by atoms with Crippen LogP contribution < -0.4 is 0 Å². The Morgan fingerprint density at radius 2 is 2.07 bits per heavy atom. The molecule has 0 spiro atoms. The monoisotopic (exact) mass is 198 g/mol. The normalized spacial score (nSPS) is 37.2. The van der Waals surface area contributed by atoms with Crippen LogP contribution in [0, 0.1) is 5.92 Å². The fourth-order valence-corrected chi connectivity index (χ4v) is 2.00. The summed E-state index contributed by atoms with van der Waals surface area (Å²) in [5, 5.41) is 0. The van der Waals surface area contributed by atoms with Gasteiger partial charge in [0, 0.05) is 0 Å². The van der Waals surface area contributed by atoms with Crippen molar-refractivity contribution in [3.63, 3.8) is 0 Å². The quantitative estimate of drug-likeness (QED) is 0.391. The topological polar surface area (TPSA) is 21.8 Å². The minimum atomic E-state index is 0.492. The molecule has 0 aromatic rings. The Hall–Kier alpha value is -0.380. The zero-order valence-electron chi connectivity index (χ0n) is 9.27. The highest BCUT2D eigenvalue weighted by atomic mass is 16.7. The number of allylic oxidation sites excluding steroid dienone is 1. The van der Waals surface area contributed by atoms with E-state index in [1.165, 1.54) is 19.3 Å². The lowest BCUT2D eigenvalue weighted by molar-refractivity contribution is -1.03. The van der Waals surface area contributed by atoms with Gasteiger partial charge in [0.2, 0.25) is 0 Å². The van der Waals surface area contributed by atoms with Gasteiger partial charge in [-0.2, -0.15) is 4.65 Å². The molecule has 2 rings (SSSR count). The average molecular weight is 198 g/mol. The molecule has 1 aliphatic carbocycles. The number of nitrogens with zero attached hydrogens (tertiary/aromatic N) is 1. The van der Waals surface area contributed by atoms with Crippen LogP contribution in [0.5, 0.6) is 0 Å². The number of fused-ring (bicyclic) bond motifs is 1. The molecule has 0 bridgehead atoms. The second-order valence-electron chi connectivity index (χ2n) is 4.74. The molecule has 0 amide bonds. The van der Waals surface area contributed by atoms with Crippen LogP contribution in [0.2, 0.25) is 0 Å². The van der Waals surface area contributed by atoms with Crippen molar-refractivity contribution in [2.75, 3.05) is 21.2 Å². The lowest BCUT2D eigenvalue weighted by Crippen LogP contribution is -2.31. The molecule has 3 atom stereocenters. The van der Waals surface area contributed by atoms with Crippen molar-refractivity contribution in [2.45, 2.75) is 31.5 Å². The largest absolute Gasteiger partial charge is 0.370 e. The van der Waals surface area contributed by atoms with Crippen LogP contribution in [0.25, 0.3) is 0 Å². The zero-order chi connectivity index (χ0) is 10.2. The number of rotatable bonds is 3. The third-order valence-electron chi connectivity index (χ3n) is 3.23. The molecule has 1 aliphatic heterocycles. The molecule has 2 aliphatic rings. The molecule has 14 heavy (non-hydrogen) atoms. The van der Waals surface area contributed by atoms with Gasteiger partial charge in [-0.15, -0.1) is 0 Å². The van der Waals surface area contributed by atoms with E-state index in [-0.39, 0.29) is 0 Å². The summed E-state index contributed by atoms with van der Waals surface area (Å²) in [4.78, 5) is 5.29. The maximum absolute atomic E-state index is 5.50. The molecule has 0 aromatic carbocycles. The first-order valence-electron chi connectivity index (χ1n) is 5.35. The second-order valence-corrected chi connectivity index (χ2v) is 4.74. The van der Waals surface area contributed by atoms with Crippen LogP contribution in [-0.2, 0) is 9.57 Å². The average Bonchev–Trinajstić information content (AvgIpc) is 2.93. The van der Waals surface area contributed by atoms with Gasteiger partial charge < -0.3 is 4.74 Å². The minimum absolute atomic E-state index is 0.492. The Labute approximate surface area is 85.8 Å². The fraction of sp³-hybridized carbons (Fsp3) is 0.818. The molecular weight excluding hydrogens is 178 g/mol. The van der Waals surface area contributed by atoms with Gasteiger partial charge in [-0.1, -0.05) is 0 Å². The predicted octanol–water partition coefficient (Wildman–Crippen LogP) is 1.71. The van der Waals surface area contributed by atoms with E-state index in [0.29, 0.717) is 22.8 Å². The number of hydroxylamine groups is 3. The number of hydrogen-bond donors (Lipinski definition) is 0. The molecular formula is C11H20NO2+. The van der Waals surface area contributed by atoms with Crippen LogP contribution >= 0.6 is 0 Å². The maximum Gasteiger partial charge on any atom is 0.124 e. The van der Waals surface area contributed by atoms with Crippen LogP contribution in [0.15, 0.2) is 12.3 Å². The number of hydrogen-bond acceptors (Lipinski definition) is 2. The lowest BCUT2D eigenvalue weighted by atomic mass is 9.89. The molecule has 3 heteroatoms. The van der Waals surface area contributed by atoms with Crippen LogP contribution in [0.4, 0.5) is 0 Å². The van der Waals surface area contributed by atoms with E-state index in [2.05, 4.69) is 12.3 Å². The van der Waals surface area contributed by atoms with Gasteiger partial charge in [-0.3, -0.25) is 0 Å². The van der Waals surface area contributed by atoms with Crippen molar-refractivity contribution in [3.05, 3.63) is 12.3 Å². The number of ether oxygens (including phenoxy) is 1. The van der Waals surface area contributed by atoms with E-state index < -0.39 is 0 Å². The molecule has 1 heterocycles. The summed E-state index contributed by atoms with van der Waals surface area (Å²) < 4.78 is 5.99. The molecule has 2 unspecified atom stereocenters. The Bertz CT molecular complexity index is 237. The van der Waals surface area contributed by atoms with Gasteiger partial charge in [0.05, 0.1) is 19.3 Å². The van der Waals surface area contributed by atoms with Crippen LogP contribution in [0.3, 0.4) is 0 Å². The third-order valence-corrected chi connectivity index (χ3v) is 3.23. The van der Waals surface area contributed by atoms with Gasteiger partial charge in [0.15, 0.2) is 0 Å². The van der Waals surface area contributed by atoms with E-state index >= 15 is 0 Å². The maximum atomic E-state index is 5.50. The first-order chi connectivity index (χ1) is 6.61. The standard InChI is InChI=1S/C11H20NO2/c1-12(2,13-3)7-6-9-4-5-10-11(8-9)14-10/h6-7,9-11H,4-5,8H2,1-3H3/q+1/b7-6+/t9?,10-,11?/m1/s1. The van der Waals surface area contributed by atoms with E-state index in [1.54, 1.807) is 7.11 Å². The molecule has 0 N–H and O–H groups in total. The van der Waals surface area contributed by atoms with Crippen molar-refractivity contribution < 1.29 is 14.2 Å². The summed E-state index contributed by atoms with van der Waals surface area (Å²) in [7, 11) is 5.77. The van der Waals surface area contributed by atoms with Crippen molar-refractivity contribution in [1.29, 1.82) is 0 Å². The van der Waals surface area contributed by atoms with Gasteiger partial charge in [0.1, 0.15) is 20.3 Å². The van der Waals surface area contributed by atoms with Crippen molar-refractivity contribution in [2.24, 2.45) is 5.92 Å². The van der Waals surface area contributed by atoms with Crippen molar-refractivity contribution in [1.82, 2.24) is 0 Å². The molecule has 2 fully saturated rings. The third kappa shape index (κ3) is 2.35. The van der Waals surface area contributed by atoms with Crippen molar-refractivity contribution >= 4 is 0 Å². The summed E-state index contributed by atoms with van der Waals surface area (Å²) in [5.74, 6) is 0.686. The highest BCUT2D eigenvalue weighted by molar-refractivity contribution is 4.97. The Balaban J connectivity index is 1.84. The van der Waals surface area contributed by atoms with Gasteiger partial charge in [-0.05, 0) is 31.3 Å². The van der Waals surface area contributed by atoms with Gasteiger partial charge in [0.25, 0.3) is 0 Å². The Kier molecular flexibility index (Phi) is 2.64. The highest BCUT2D eigenvalue weighted by Crippen LogP contribution is 2.39. The highest BCUT2D eigenvalue weighted by Gasteiger charge is 2.43. The SMILES string of the molecule is CO[N+](C)(C)/C=C/C1CC[C@H]2OC2C1. The molecule has 80 valence electrons. The van der Waals surface area contributed by atoms with E-state index in [9.17, 15) is 0 Å². The van der Waals surface area contributed by atoms with Crippen LogP contribution in [-0.4, -0.2) is 38.1 Å².